The van der Waals surface area contributed by atoms with E-state index in [4.69, 9.17) is 4.74 Å². The van der Waals surface area contributed by atoms with E-state index >= 15 is 0 Å². The van der Waals surface area contributed by atoms with Crippen LogP contribution in [0.2, 0.25) is 0 Å². The molecular formula is C18H26BrNO. The fourth-order valence-corrected chi connectivity index (χ4v) is 4.62. The minimum Gasteiger partial charge on any atom is -0.493 e. The maximum absolute atomic E-state index is 5.88. The lowest BCUT2D eigenvalue weighted by Crippen LogP contribution is -2.23. The number of hydrogen-bond donors (Lipinski definition) is 1. The van der Waals surface area contributed by atoms with E-state index in [0.29, 0.717) is 5.41 Å². The Bertz CT molecular complexity index is 494. The summed E-state index contributed by atoms with van der Waals surface area (Å²) in [5.74, 6) is 1.18. The monoisotopic (exact) mass is 351 g/mol. The Balaban J connectivity index is 1.72. The van der Waals surface area contributed by atoms with Crippen LogP contribution in [0.5, 0.6) is 5.75 Å². The van der Waals surface area contributed by atoms with Crippen LogP contribution in [0.25, 0.3) is 0 Å². The molecule has 1 fully saturated rings. The average molecular weight is 352 g/mol. The molecule has 1 aliphatic carbocycles. The highest BCUT2D eigenvalue weighted by Gasteiger charge is 2.33. The van der Waals surface area contributed by atoms with E-state index in [-0.39, 0.29) is 0 Å². The summed E-state index contributed by atoms with van der Waals surface area (Å²) in [6.07, 6.45) is 10.5. The second-order valence-electron chi connectivity index (χ2n) is 6.71. The van der Waals surface area contributed by atoms with E-state index in [9.17, 15) is 0 Å². The summed E-state index contributed by atoms with van der Waals surface area (Å²) in [5, 5.41) is 3.34. The zero-order chi connectivity index (χ0) is 14.7. The average Bonchev–Trinajstić information content (AvgIpc) is 3.12. The van der Waals surface area contributed by atoms with Gasteiger partial charge in [-0.25, -0.2) is 0 Å². The Morgan fingerprint density at radius 3 is 2.81 bits per heavy atom. The lowest BCUT2D eigenvalue weighted by atomic mass is 9.77. The lowest BCUT2D eigenvalue weighted by molar-refractivity contribution is 0.246. The molecule has 1 aliphatic heterocycles. The Morgan fingerprint density at radius 1 is 1.24 bits per heavy atom. The van der Waals surface area contributed by atoms with Crippen molar-refractivity contribution in [3.05, 3.63) is 27.7 Å². The molecule has 0 bridgehead atoms. The molecule has 3 heteroatoms. The highest BCUT2D eigenvalue weighted by Crippen LogP contribution is 2.45. The van der Waals surface area contributed by atoms with Gasteiger partial charge in [-0.3, -0.25) is 0 Å². The number of nitrogens with one attached hydrogen (secondary N) is 1. The third kappa shape index (κ3) is 3.45. The number of fused-ring (bicyclic) bond motifs is 1. The molecule has 0 unspecified atom stereocenters. The Kier molecular flexibility index (Phi) is 4.90. The molecular weight excluding hydrogens is 326 g/mol. The van der Waals surface area contributed by atoms with Gasteiger partial charge in [0.2, 0.25) is 0 Å². The molecule has 0 radical (unpaired) electrons. The van der Waals surface area contributed by atoms with Crippen LogP contribution >= 0.6 is 15.9 Å². The number of rotatable bonds is 6. The van der Waals surface area contributed by atoms with Gasteiger partial charge in [0.15, 0.2) is 0 Å². The van der Waals surface area contributed by atoms with Crippen LogP contribution in [-0.2, 0) is 12.8 Å². The van der Waals surface area contributed by atoms with Gasteiger partial charge in [0.25, 0.3) is 0 Å². The summed E-state index contributed by atoms with van der Waals surface area (Å²) in [5.41, 5.74) is 3.36. The quantitative estimate of drug-likeness (QED) is 0.815. The predicted octanol–water partition coefficient (Wildman–Crippen LogP) is 4.49. The summed E-state index contributed by atoms with van der Waals surface area (Å²) < 4.78 is 7.09. The summed E-state index contributed by atoms with van der Waals surface area (Å²) in [6, 6.07) is 4.49. The topological polar surface area (TPSA) is 21.3 Å². The van der Waals surface area contributed by atoms with E-state index in [1.807, 2.05) is 0 Å². The van der Waals surface area contributed by atoms with Crippen molar-refractivity contribution in [2.45, 2.75) is 51.4 Å². The first kappa shape index (κ1) is 15.4. The van der Waals surface area contributed by atoms with Crippen LogP contribution in [0.1, 0.15) is 49.7 Å². The highest BCUT2D eigenvalue weighted by molar-refractivity contribution is 9.10. The molecule has 1 aromatic carbocycles. The maximum Gasteiger partial charge on any atom is 0.125 e. The SMILES string of the molecule is CNCCC1(CCc2cc(Br)cc3c2OCC3)CCCC1. The second-order valence-corrected chi connectivity index (χ2v) is 7.63. The van der Waals surface area contributed by atoms with Crippen LogP contribution in [-0.4, -0.2) is 20.2 Å². The van der Waals surface area contributed by atoms with Crippen molar-refractivity contribution in [2.24, 2.45) is 5.41 Å². The van der Waals surface area contributed by atoms with Crippen molar-refractivity contribution in [3.63, 3.8) is 0 Å². The van der Waals surface area contributed by atoms with Gasteiger partial charge in [-0.15, -0.1) is 0 Å². The molecule has 2 aliphatic rings. The van der Waals surface area contributed by atoms with Crippen molar-refractivity contribution in [1.82, 2.24) is 5.32 Å². The first-order chi connectivity index (χ1) is 10.2. The van der Waals surface area contributed by atoms with Gasteiger partial charge in [0.1, 0.15) is 5.75 Å². The van der Waals surface area contributed by atoms with E-state index in [1.165, 1.54) is 59.9 Å². The third-order valence-corrected chi connectivity index (χ3v) is 5.78. The van der Waals surface area contributed by atoms with E-state index in [0.717, 1.165) is 26.0 Å². The van der Waals surface area contributed by atoms with Crippen LogP contribution in [0, 0.1) is 5.41 Å². The van der Waals surface area contributed by atoms with Crippen LogP contribution in [0.4, 0.5) is 0 Å². The first-order valence-corrected chi connectivity index (χ1v) is 9.10. The van der Waals surface area contributed by atoms with E-state index < -0.39 is 0 Å². The Morgan fingerprint density at radius 2 is 2.05 bits per heavy atom. The Labute approximate surface area is 136 Å². The smallest absolute Gasteiger partial charge is 0.125 e. The molecule has 0 aromatic heterocycles. The fraction of sp³-hybridized carbons (Fsp3) is 0.667. The minimum atomic E-state index is 0.566. The van der Waals surface area contributed by atoms with Crippen molar-refractivity contribution >= 4 is 15.9 Å². The second kappa shape index (κ2) is 6.70. The predicted molar refractivity (Wildman–Crippen MR) is 91.1 cm³/mol. The van der Waals surface area contributed by atoms with E-state index in [1.54, 1.807) is 0 Å². The number of ether oxygens (including phenoxy) is 1. The van der Waals surface area contributed by atoms with Gasteiger partial charge in [-0.1, -0.05) is 28.8 Å². The summed E-state index contributed by atoms with van der Waals surface area (Å²) in [4.78, 5) is 0. The number of benzene rings is 1. The number of halogens is 1. The first-order valence-electron chi connectivity index (χ1n) is 8.31. The lowest BCUT2D eigenvalue weighted by Gasteiger charge is -2.29. The molecule has 1 heterocycles. The molecule has 1 aromatic rings. The van der Waals surface area contributed by atoms with Gasteiger partial charge >= 0.3 is 0 Å². The van der Waals surface area contributed by atoms with Crippen molar-refractivity contribution in [2.75, 3.05) is 20.2 Å². The van der Waals surface area contributed by atoms with Gasteiger partial charge in [0.05, 0.1) is 6.61 Å². The molecule has 116 valence electrons. The van der Waals surface area contributed by atoms with Gasteiger partial charge in [-0.2, -0.15) is 0 Å². The number of aryl methyl sites for hydroxylation is 1. The zero-order valence-electron chi connectivity index (χ0n) is 13.0. The summed E-state index contributed by atoms with van der Waals surface area (Å²) in [6.45, 7) is 2.00. The standard InChI is InChI=1S/C18H26BrNO/c1-20-10-9-18(6-2-3-7-18)8-4-14-12-16(19)13-15-5-11-21-17(14)15/h12-13,20H,2-11H2,1H3. The van der Waals surface area contributed by atoms with Crippen molar-refractivity contribution in [3.8, 4) is 5.75 Å². The molecule has 0 amide bonds. The largest absolute Gasteiger partial charge is 0.493 e. The van der Waals surface area contributed by atoms with Crippen LogP contribution in [0.15, 0.2) is 16.6 Å². The molecule has 3 rings (SSSR count). The fourth-order valence-electron chi connectivity index (χ4n) is 4.07. The zero-order valence-corrected chi connectivity index (χ0v) is 14.6. The molecule has 0 spiro atoms. The number of hydrogen-bond acceptors (Lipinski definition) is 2. The van der Waals surface area contributed by atoms with Gasteiger partial charge in [-0.05, 0) is 74.4 Å². The molecule has 1 N–H and O–H groups in total. The minimum absolute atomic E-state index is 0.566. The maximum atomic E-state index is 5.88. The summed E-state index contributed by atoms with van der Waals surface area (Å²) >= 11 is 3.66. The molecule has 0 saturated heterocycles. The molecule has 1 saturated carbocycles. The molecule has 21 heavy (non-hydrogen) atoms. The van der Waals surface area contributed by atoms with Crippen LogP contribution < -0.4 is 10.1 Å². The normalized spacial score (nSPS) is 19.5. The third-order valence-electron chi connectivity index (χ3n) is 5.32. The molecule has 2 nitrogen and oxygen atoms in total. The Hall–Kier alpha value is -0.540. The van der Waals surface area contributed by atoms with Crippen LogP contribution in [0.3, 0.4) is 0 Å². The van der Waals surface area contributed by atoms with E-state index in [2.05, 4.69) is 40.4 Å². The molecule has 0 atom stereocenters. The van der Waals surface area contributed by atoms with Crippen molar-refractivity contribution in [1.29, 1.82) is 0 Å². The summed E-state index contributed by atoms with van der Waals surface area (Å²) in [7, 11) is 2.07. The van der Waals surface area contributed by atoms with Crippen molar-refractivity contribution < 1.29 is 4.74 Å². The van der Waals surface area contributed by atoms with Gasteiger partial charge < -0.3 is 10.1 Å². The van der Waals surface area contributed by atoms with Gasteiger partial charge in [0, 0.05) is 10.9 Å². The highest BCUT2D eigenvalue weighted by atomic mass is 79.9.